The normalized spacial score (nSPS) is 13.7. The van der Waals surface area contributed by atoms with Crippen LogP contribution in [0.3, 0.4) is 0 Å². The molecule has 1 aliphatic rings. The number of para-hydroxylation sites is 2. The van der Waals surface area contributed by atoms with Gasteiger partial charge in [-0.1, -0.05) is 36.4 Å². The highest BCUT2D eigenvalue weighted by Gasteiger charge is 2.20. The summed E-state index contributed by atoms with van der Waals surface area (Å²) in [6, 6.07) is 17.6. The number of hydrogen-bond donors (Lipinski definition) is 2. The van der Waals surface area contributed by atoms with E-state index in [9.17, 15) is 0 Å². The first-order valence-electron chi connectivity index (χ1n) is 8.11. The smallest absolute Gasteiger partial charge is 0.0583 e. The Bertz CT molecular complexity index is 572. The molecule has 116 valence electrons. The minimum absolute atomic E-state index is 0.336. The van der Waals surface area contributed by atoms with Crippen LogP contribution < -0.4 is 15.5 Å². The summed E-state index contributed by atoms with van der Waals surface area (Å²) >= 11 is 0. The fourth-order valence-electron chi connectivity index (χ4n) is 3.30. The predicted molar refractivity (Wildman–Crippen MR) is 93.8 cm³/mol. The molecule has 0 saturated heterocycles. The van der Waals surface area contributed by atoms with E-state index in [4.69, 9.17) is 0 Å². The Hall–Kier alpha value is -1.84. The Morgan fingerprint density at radius 3 is 1.86 bits per heavy atom. The molecule has 2 aromatic rings. The van der Waals surface area contributed by atoms with Crippen LogP contribution in [0.25, 0.3) is 0 Å². The molecule has 2 aromatic carbocycles. The number of fused-ring (bicyclic) bond motifs is 2. The van der Waals surface area contributed by atoms with Gasteiger partial charge in [0.2, 0.25) is 0 Å². The molecule has 22 heavy (non-hydrogen) atoms. The van der Waals surface area contributed by atoms with Gasteiger partial charge in [-0.05, 0) is 56.6 Å². The zero-order valence-corrected chi connectivity index (χ0v) is 13.5. The van der Waals surface area contributed by atoms with E-state index in [-0.39, 0.29) is 0 Å². The fraction of sp³-hybridized carbons (Fsp3) is 0.368. The first-order valence-corrected chi connectivity index (χ1v) is 8.11. The lowest BCUT2D eigenvalue weighted by molar-refractivity contribution is 0.467. The second kappa shape index (κ2) is 6.95. The summed E-state index contributed by atoms with van der Waals surface area (Å²) in [6.07, 6.45) is 3.62. The highest BCUT2D eigenvalue weighted by molar-refractivity contribution is 5.71. The second-order valence-electron chi connectivity index (χ2n) is 5.83. The third-order valence-electron chi connectivity index (χ3n) is 4.57. The maximum atomic E-state index is 3.32. The highest BCUT2D eigenvalue weighted by atomic mass is 15.2. The van der Waals surface area contributed by atoms with Gasteiger partial charge in [-0.15, -0.1) is 0 Å². The van der Waals surface area contributed by atoms with Crippen LogP contribution in [0.1, 0.15) is 17.5 Å². The molecule has 0 spiro atoms. The second-order valence-corrected chi connectivity index (χ2v) is 5.83. The monoisotopic (exact) mass is 295 g/mol. The van der Waals surface area contributed by atoms with E-state index in [0.29, 0.717) is 6.17 Å². The Morgan fingerprint density at radius 2 is 1.36 bits per heavy atom. The lowest BCUT2D eigenvalue weighted by Gasteiger charge is -2.28. The molecule has 1 aliphatic heterocycles. The van der Waals surface area contributed by atoms with E-state index in [2.05, 4.69) is 64.1 Å². The molecule has 1 heterocycles. The molecule has 0 amide bonds. The Balaban J connectivity index is 1.95. The van der Waals surface area contributed by atoms with Crippen LogP contribution in [0.15, 0.2) is 48.5 Å². The first kappa shape index (κ1) is 15.1. The average Bonchev–Trinajstić information content (AvgIpc) is 2.73. The number of hydrogen-bond acceptors (Lipinski definition) is 3. The Morgan fingerprint density at radius 1 is 0.864 bits per heavy atom. The molecule has 3 nitrogen and oxygen atoms in total. The van der Waals surface area contributed by atoms with Crippen molar-refractivity contribution in [2.75, 3.05) is 25.5 Å². The zero-order valence-electron chi connectivity index (χ0n) is 13.5. The SMILES string of the molecule is CNC(CCN1c2ccccc2CCc2ccccc21)NC. The molecule has 0 atom stereocenters. The van der Waals surface area contributed by atoms with Crippen molar-refractivity contribution in [3.63, 3.8) is 0 Å². The van der Waals surface area contributed by atoms with Gasteiger partial charge in [0, 0.05) is 17.9 Å². The summed E-state index contributed by atoms with van der Waals surface area (Å²) in [7, 11) is 4.01. The van der Waals surface area contributed by atoms with E-state index in [0.717, 1.165) is 25.8 Å². The van der Waals surface area contributed by atoms with Gasteiger partial charge in [0.05, 0.1) is 6.17 Å². The van der Waals surface area contributed by atoms with Crippen molar-refractivity contribution < 1.29 is 0 Å². The predicted octanol–water partition coefficient (Wildman–Crippen LogP) is 3.08. The molecule has 0 saturated carbocycles. The van der Waals surface area contributed by atoms with Crippen LogP contribution >= 0.6 is 0 Å². The van der Waals surface area contributed by atoms with Gasteiger partial charge in [0.1, 0.15) is 0 Å². The maximum absolute atomic E-state index is 3.32. The lowest BCUT2D eigenvalue weighted by atomic mass is 10.0. The van der Waals surface area contributed by atoms with Crippen molar-refractivity contribution >= 4 is 11.4 Å². The number of anilines is 2. The Kier molecular flexibility index (Phi) is 4.76. The number of nitrogens with zero attached hydrogens (tertiary/aromatic N) is 1. The van der Waals surface area contributed by atoms with Crippen molar-refractivity contribution in [2.24, 2.45) is 0 Å². The average molecular weight is 295 g/mol. The summed E-state index contributed by atoms with van der Waals surface area (Å²) in [4.78, 5) is 2.49. The molecular weight excluding hydrogens is 270 g/mol. The summed E-state index contributed by atoms with van der Waals surface area (Å²) < 4.78 is 0. The molecule has 0 unspecified atom stereocenters. The summed E-state index contributed by atoms with van der Waals surface area (Å²) in [5, 5.41) is 6.63. The molecule has 0 aromatic heterocycles. The molecule has 2 N–H and O–H groups in total. The lowest BCUT2D eigenvalue weighted by Crippen LogP contribution is -2.40. The molecule has 0 bridgehead atoms. The minimum atomic E-state index is 0.336. The van der Waals surface area contributed by atoms with Crippen LogP contribution in [-0.2, 0) is 12.8 Å². The van der Waals surface area contributed by atoms with Gasteiger partial charge >= 0.3 is 0 Å². The van der Waals surface area contributed by atoms with Gasteiger partial charge in [-0.3, -0.25) is 0 Å². The van der Waals surface area contributed by atoms with E-state index in [1.54, 1.807) is 0 Å². The summed E-state index contributed by atoms with van der Waals surface area (Å²) in [5.41, 5.74) is 5.62. The largest absolute Gasteiger partial charge is 0.341 e. The van der Waals surface area contributed by atoms with Gasteiger partial charge in [0.25, 0.3) is 0 Å². The van der Waals surface area contributed by atoms with Crippen LogP contribution in [0.2, 0.25) is 0 Å². The topological polar surface area (TPSA) is 27.3 Å². The maximum Gasteiger partial charge on any atom is 0.0583 e. The molecule has 0 fully saturated rings. The molecule has 3 rings (SSSR count). The molecule has 3 heteroatoms. The third kappa shape index (κ3) is 3.01. The fourth-order valence-corrected chi connectivity index (χ4v) is 3.30. The van der Waals surface area contributed by atoms with E-state index in [1.807, 2.05) is 14.1 Å². The van der Waals surface area contributed by atoms with Gasteiger partial charge in [-0.2, -0.15) is 0 Å². The van der Waals surface area contributed by atoms with Crippen molar-refractivity contribution in [2.45, 2.75) is 25.4 Å². The molecule has 0 radical (unpaired) electrons. The van der Waals surface area contributed by atoms with E-state index in [1.165, 1.54) is 22.5 Å². The van der Waals surface area contributed by atoms with E-state index >= 15 is 0 Å². The van der Waals surface area contributed by atoms with Crippen molar-refractivity contribution in [3.05, 3.63) is 59.7 Å². The quantitative estimate of drug-likeness (QED) is 0.830. The molecule has 0 aliphatic carbocycles. The summed E-state index contributed by atoms with van der Waals surface area (Å²) in [6.45, 7) is 1.00. The van der Waals surface area contributed by atoms with Crippen LogP contribution in [0.5, 0.6) is 0 Å². The van der Waals surface area contributed by atoms with Gasteiger partial charge in [-0.25, -0.2) is 0 Å². The van der Waals surface area contributed by atoms with Gasteiger partial charge < -0.3 is 15.5 Å². The summed E-state index contributed by atoms with van der Waals surface area (Å²) in [5.74, 6) is 0. The Labute approximate surface area is 133 Å². The number of nitrogens with one attached hydrogen (secondary N) is 2. The van der Waals surface area contributed by atoms with Crippen LogP contribution in [0.4, 0.5) is 11.4 Å². The van der Waals surface area contributed by atoms with Crippen molar-refractivity contribution in [1.29, 1.82) is 0 Å². The van der Waals surface area contributed by atoms with Crippen LogP contribution in [-0.4, -0.2) is 26.8 Å². The van der Waals surface area contributed by atoms with Crippen LogP contribution in [0, 0.1) is 0 Å². The standard InChI is InChI=1S/C19H25N3/c1-20-19(21-2)13-14-22-17-9-5-3-7-15(17)11-12-16-8-4-6-10-18(16)22/h3-10,19-21H,11-14H2,1-2H3. The van der Waals surface area contributed by atoms with Crippen molar-refractivity contribution in [1.82, 2.24) is 10.6 Å². The van der Waals surface area contributed by atoms with Gasteiger partial charge in [0.15, 0.2) is 0 Å². The third-order valence-corrected chi connectivity index (χ3v) is 4.57. The number of benzene rings is 2. The van der Waals surface area contributed by atoms with E-state index < -0.39 is 0 Å². The minimum Gasteiger partial charge on any atom is -0.341 e. The first-order chi connectivity index (χ1) is 10.8. The highest BCUT2D eigenvalue weighted by Crippen LogP contribution is 2.35. The van der Waals surface area contributed by atoms with Crippen molar-refractivity contribution in [3.8, 4) is 0 Å². The zero-order chi connectivity index (χ0) is 15.4. The number of aryl methyl sites for hydroxylation is 2. The number of rotatable bonds is 5. The molecular formula is C19H25N3.